The first-order valence-corrected chi connectivity index (χ1v) is 6.91. The van der Waals surface area contributed by atoms with Crippen LogP contribution >= 0.6 is 0 Å². The van der Waals surface area contributed by atoms with Gasteiger partial charge in [0.1, 0.15) is 13.3 Å². The summed E-state index contributed by atoms with van der Waals surface area (Å²) in [5.41, 5.74) is 1.10. The second kappa shape index (κ2) is 7.82. The van der Waals surface area contributed by atoms with E-state index in [-0.39, 0.29) is 23.7 Å². The van der Waals surface area contributed by atoms with Crippen molar-refractivity contribution in [2.45, 2.75) is 0 Å². The Morgan fingerprint density at radius 2 is 1.58 bits per heavy atom. The number of halogens is 1. The standard InChI is InChI=1S/C16H13FN2O5/c17-9-10-24-16-11-13(5-8-15(16)19(22)23)2-1-12-3-6-14(7-4-12)18(20)21/h1-8,11H,9-10H2/b2-1+. The van der Waals surface area contributed by atoms with Crippen LogP contribution in [0.2, 0.25) is 0 Å². The first-order chi connectivity index (χ1) is 11.5. The van der Waals surface area contributed by atoms with Crippen LogP contribution in [0, 0.1) is 20.2 Å². The molecule has 0 bridgehead atoms. The van der Waals surface area contributed by atoms with Gasteiger partial charge in [0.25, 0.3) is 5.69 Å². The van der Waals surface area contributed by atoms with Gasteiger partial charge in [0.15, 0.2) is 5.75 Å². The molecule has 0 spiro atoms. The van der Waals surface area contributed by atoms with Crippen LogP contribution in [0.15, 0.2) is 42.5 Å². The summed E-state index contributed by atoms with van der Waals surface area (Å²) >= 11 is 0. The van der Waals surface area contributed by atoms with Gasteiger partial charge in [-0.1, -0.05) is 12.2 Å². The number of nitro benzene ring substituents is 2. The number of ether oxygens (including phenoxy) is 1. The molecule has 124 valence electrons. The molecular weight excluding hydrogens is 319 g/mol. The molecule has 0 saturated carbocycles. The van der Waals surface area contributed by atoms with Gasteiger partial charge in [0.2, 0.25) is 0 Å². The average molecular weight is 332 g/mol. The van der Waals surface area contributed by atoms with Gasteiger partial charge in [-0.2, -0.15) is 0 Å². The fraction of sp³-hybridized carbons (Fsp3) is 0.125. The molecule has 0 aromatic heterocycles. The smallest absolute Gasteiger partial charge is 0.310 e. The second-order valence-electron chi connectivity index (χ2n) is 4.70. The lowest BCUT2D eigenvalue weighted by molar-refractivity contribution is -0.385. The minimum absolute atomic E-state index is 0.00982. The molecule has 0 fully saturated rings. The van der Waals surface area contributed by atoms with Crippen molar-refractivity contribution in [1.29, 1.82) is 0 Å². The average Bonchev–Trinajstić information content (AvgIpc) is 2.58. The minimum Gasteiger partial charge on any atom is -0.484 e. The Balaban J connectivity index is 2.22. The quantitative estimate of drug-likeness (QED) is 0.433. The summed E-state index contributed by atoms with van der Waals surface area (Å²) < 4.78 is 17.3. The van der Waals surface area contributed by atoms with Crippen molar-refractivity contribution >= 4 is 23.5 Å². The third kappa shape index (κ3) is 4.35. The molecule has 0 atom stereocenters. The highest BCUT2D eigenvalue weighted by Gasteiger charge is 2.15. The van der Waals surface area contributed by atoms with Gasteiger partial charge in [-0.15, -0.1) is 0 Å². The number of non-ortho nitro benzene ring substituents is 1. The zero-order chi connectivity index (χ0) is 17.5. The topological polar surface area (TPSA) is 95.5 Å². The molecule has 0 amide bonds. The molecule has 24 heavy (non-hydrogen) atoms. The largest absolute Gasteiger partial charge is 0.484 e. The summed E-state index contributed by atoms with van der Waals surface area (Å²) in [6.45, 7) is -1.02. The normalized spacial score (nSPS) is 10.7. The maximum Gasteiger partial charge on any atom is 0.310 e. The number of hydrogen-bond acceptors (Lipinski definition) is 5. The summed E-state index contributed by atoms with van der Waals surface area (Å²) in [6.07, 6.45) is 3.37. The van der Waals surface area contributed by atoms with E-state index < -0.39 is 16.5 Å². The molecule has 0 N–H and O–H groups in total. The summed E-state index contributed by atoms with van der Waals surface area (Å²) in [5, 5.41) is 21.5. The van der Waals surface area contributed by atoms with E-state index in [4.69, 9.17) is 4.74 Å². The van der Waals surface area contributed by atoms with Crippen LogP contribution in [-0.4, -0.2) is 23.1 Å². The Morgan fingerprint density at radius 3 is 2.17 bits per heavy atom. The number of alkyl halides is 1. The molecule has 2 aromatic carbocycles. The Hall–Kier alpha value is -3.29. The molecule has 0 unspecified atom stereocenters. The zero-order valence-corrected chi connectivity index (χ0v) is 12.4. The highest BCUT2D eigenvalue weighted by atomic mass is 19.1. The molecule has 0 saturated heterocycles. The van der Waals surface area contributed by atoms with Crippen molar-refractivity contribution < 1.29 is 19.0 Å². The lowest BCUT2D eigenvalue weighted by Gasteiger charge is -2.05. The van der Waals surface area contributed by atoms with Crippen molar-refractivity contribution in [3.63, 3.8) is 0 Å². The highest BCUT2D eigenvalue weighted by Crippen LogP contribution is 2.28. The van der Waals surface area contributed by atoms with Crippen LogP contribution in [0.4, 0.5) is 15.8 Å². The summed E-state index contributed by atoms with van der Waals surface area (Å²) in [6, 6.07) is 10.2. The predicted molar refractivity (Wildman–Crippen MR) is 86.6 cm³/mol. The molecule has 0 aliphatic carbocycles. The van der Waals surface area contributed by atoms with Gasteiger partial charge in [-0.3, -0.25) is 20.2 Å². The van der Waals surface area contributed by atoms with Gasteiger partial charge in [-0.25, -0.2) is 4.39 Å². The molecule has 7 nitrogen and oxygen atoms in total. The first kappa shape index (κ1) is 17.1. The van der Waals surface area contributed by atoms with Crippen molar-refractivity contribution in [2.75, 3.05) is 13.3 Å². The van der Waals surface area contributed by atoms with Gasteiger partial charge in [0, 0.05) is 18.2 Å². The van der Waals surface area contributed by atoms with Crippen LogP contribution in [-0.2, 0) is 0 Å². The van der Waals surface area contributed by atoms with Crippen molar-refractivity contribution in [1.82, 2.24) is 0 Å². The molecule has 0 aliphatic heterocycles. The number of benzene rings is 2. The van der Waals surface area contributed by atoms with E-state index in [1.165, 1.54) is 30.3 Å². The molecule has 2 rings (SSSR count). The van der Waals surface area contributed by atoms with Gasteiger partial charge in [0.05, 0.1) is 9.85 Å². The Labute approximate surface area is 136 Å². The van der Waals surface area contributed by atoms with Crippen LogP contribution in [0.1, 0.15) is 11.1 Å². The summed E-state index contributed by atoms with van der Waals surface area (Å²) in [5.74, 6) is -0.0106. The van der Waals surface area contributed by atoms with E-state index in [0.717, 1.165) is 5.56 Å². The third-order valence-electron chi connectivity index (χ3n) is 3.09. The number of rotatable bonds is 7. The minimum atomic E-state index is -0.750. The maximum atomic E-state index is 12.2. The Bertz CT molecular complexity index is 775. The number of nitrogens with zero attached hydrogens (tertiary/aromatic N) is 2. The van der Waals surface area contributed by atoms with E-state index in [1.807, 2.05) is 0 Å². The van der Waals surface area contributed by atoms with Crippen molar-refractivity contribution in [2.24, 2.45) is 0 Å². The van der Waals surface area contributed by atoms with Crippen LogP contribution in [0.25, 0.3) is 12.2 Å². The van der Waals surface area contributed by atoms with Crippen molar-refractivity contribution in [3.8, 4) is 5.75 Å². The molecule has 0 radical (unpaired) electrons. The summed E-state index contributed by atoms with van der Waals surface area (Å²) in [4.78, 5) is 20.4. The fourth-order valence-corrected chi connectivity index (χ4v) is 1.95. The van der Waals surface area contributed by atoms with Gasteiger partial charge in [-0.05, 0) is 35.4 Å². The Kier molecular flexibility index (Phi) is 5.56. The lowest BCUT2D eigenvalue weighted by Crippen LogP contribution is -2.02. The molecule has 8 heteroatoms. The maximum absolute atomic E-state index is 12.2. The fourth-order valence-electron chi connectivity index (χ4n) is 1.95. The third-order valence-corrected chi connectivity index (χ3v) is 3.09. The number of hydrogen-bond donors (Lipinski definition) is 0. The highest BCUT2D eigenvalue weighted by molar-refractivity contribution is 5.71. The van der Waals surface area contributed by atoms with E-state index in [2.05, 4.69) is 0 Å². The lowest BCUT2D eigenvalue weighted by atomic mass is 10.1. The van der Waals surface area contributed by atoms with Gasteiger partial charge < -0.3 is 4.74 Å². The predicted octanol–water partition coefficient (Wildman–Crippen LogP) is 4.02. The zero-order valence-electron chi connectivity index (χ0n) is 12.4. The number of nitro groups is 2. The van der Waals surface area contributed by atoms with Gasteiger partial charge >= 0.3 is 5.69 Å². The van der Waals surface area contributed by atoms with Crippen LogP contribution in [0.5, 0.6) is 5.75 Å². The van der Waals surface area contributed by atoms with Crippen LogP contribution < -0.4 is 4.74 Å². The van der Waals surface area contributed by atoms with E-state index in [9.17, 15) is 24.6 Å². The molecule has 2 aromatic rings. The van der Waals surface area contributed by atoms with E-state index in [0.29, 0.717) is 5.56 Å². The molecular formula is C16H13FN2O5. The molecule has 0 heterocycles. The van der Waals surface area contributed by atoms with Crippen LogP contribution in [0.3, 0.4) is 0 Å². The summed E-state index contributed by atoms with van der Waals surface area (Å²) in [7, 11) is 0. The van der Waals surface area contributed by atoms with E-state index >= 15 is 0 Å². The first-order valence-electron chi connectivity index (χ1n) is 6.91. The Morgan fingerprint density at radius 1 is 0.958 bits per heavy atom. The van der Waals surface area contributed by atoms with Crippen molar-refractivity contribution in [3.05, 3.63) is 73.8 Å². The monoisotopic (exact) mass is 332 g/mol. The second-order valence-corrected chi connectivity index (χ2v) is 4.70. The van der Waals surface area contributed by atoms with E-state index in [1.54, 1.807) is 24.3 Å². The molecule has 0 aliphatic rings. The SMILES string of the molecule is O=[N+]([O-])c1ccc(/C=C/c2ccc([N+](=O)[O-])c(OCCF)c2)cc1.